The van der Waals surface area contributed by atoms with E-state index in [2.05, 4.69) is 10.4 Å². The first kappa shape index (κ1) is 7.06. The van der Waals surface area contributed by atoms with Crippen molar-refractivity contribution in [1.29, 1.82) is 0 Å². The van der Waals surface area contributed by atoms with Crippen LogP contribution in [0.25, 0.3) is 0 Å². The molecule has 4 nitrogen and oxygen atoms in total. The van der Waals surface area contributed by atoms with Gasteiger partial charge in [-0.1, -0.05) is 0 Å². The molecule has 2 rings (SSSR count). The van der Waals surface area contributed by atoms with E-state index in [1.54, 1.807) is 7.05 Å². The number of fused-ring (bicyclic) bond motifs is 1. The van der Waals surface area contributed by atoms with Crippen LogP contribution >= 0.6 is 0 Å². The molecule has 1 heterocycles. The predicted octanol–water partition coefficient (Wildman–Crippen LogP) is -0.630. The molecule has 0 amide bonds. The van der Waals surface area contributed by atoms with E-state index < -0.39 is 0 Å². The highest BCUT2D eigenvalue weighted by molar-refractivity contribution is 5.87. The second kappa shape index (κ2) is 2.46. The van der Waals surface area contributed by atoms with Crippen LogP contribution in [0.4, 0.5) is 0 Å². The number of nitrogens with zero attached hydrogens (tertiary/aromatic N) is 1. The minimum absolute atomic E-state index is 0.554. The van der Waals surface area contributed by atoms with E-state index in [-0.39, 0.29) is 0 Å². The first-order valence-electron chi connectivity index (χ1n) is 3.89. The van der Waals surface area contributed by atoms with Gasteiger partial charge in [-0.05, 0) is 11.8 Å². The van der Waals surface area contributed by atoms with Crippen LogP contribution in [-0.4, -0.2) is 26.1 Å². The van der Waals surface area contributed by atoms with Gasteiger partial charge < -0.3 is 10.2 Å². The molecule has 62 valence electrons. The van der Waals surface area contributed by atoms with Gasteiger partial charge in [0.1, 0.15) is 5.84 Å². The van der Waals surface area contributed by atoms with E-state index >= 15 is 0 Å². The molecule has 0 spiro atoms. The Morgan fingerprint density at radius 2 is 2.18 bits per heavy atom. The van der Waals surface area contributed by atoms with E-state index in [0.29, 0.717) is 17.8 Å². The van der Waals surface area contributed by atoms with E-state index in [1.165, 1.54) is 0 Å². The Balaban J connectivity index is 1.99. The second-order valence-corrected chi connectivity index (χ2v) is 3.14. The second-order valence-electron chi connectivity index (χ2n) is 3.14. The third-order valence-corrected chi connectivity index (χ3v) is 2.66. The number of amidine groups is 1. The van der Waals surface area contributed by atoms with Gasteiger partial charge in [0.2, 0.25) is 0 Å². The fraction of sp³-hybridized carbons (Fsp3) is 0.857. The third-order valence-electron chi connectivity index (χ3n) is 2.66. The number of rotatable bonds is 1. The summed E-state index contributed by atoms with van der Waals surface area (Å²) < 4.78 is 5.25. The Labute approximate surface area is 65.8 Å². The number of hydrogen-bond donors (Lipinski definition) is 2. The lowest BCUT2D eigenvalue weighted by Crippen LogP contribution is -2.33. The molecule has 1 aliphatic carbocycles. The molecule has 2 fully saturated rings. The van der Waals surface area contributed by atoms with Crippen molar-refractivity contribution in [2.24, 2.45) is 28.6 Å². The molecule has 1 aliphatic heterocycles. The summed E-state index contributed by atoms with van der Waals surface area (Å²) in [4.78, 5) is 4.08. The molecule has 3 N–H and O–H groups in total. The quantitative estimate of drug-likeness (QED) is 0.229. The monoisotopic (exact) mass is 155 g/mol. The molecular formula is C7H13N3O. The Bertz CT molecular complexity index is 182. The van der Waals surface area contributed by atoms with Crippen LogP contribution in [0.2, 0.25) is 0 Å². The van der Waals surface area contributed by atoms with Crippen LogP contribution in [0, 0.1) is 17.8 Å². The zero-order chi connectivity index (χ0) is 7.84. The molecule has 0 aromatic heterocycles. The van der Waals surface area contributed by atoms with Crippen molar-refractivity contribution in [2.75, 3.05) is 20.3 Å². The van der Waals surface area contributed by atoms with E-state index in [4.69, 9.17) is 10.6 Å². The molecule has 11 heavy (non-hydrogen) atoms. The fourth-order valence-electron chi connectivity index (χ4n) is 1.96. The minimum Gasteiger partial charge on any atom is -0.381 e. The van der Waals surface area contributed by atoms with Crippen molar-refractivity contribution in [3.05, 3.63) is 0 Å². The van der Waals surface area contributed by atoms with Gasteiger partial charge >= 0.3 is 0 Å². The Kier molecular flexibility index (Phi) is 1.58. The molecule has 2 atom stereocenters. The summed E-state index contributed by atoms with van der Waals surface area (Å²) in [6.45, 7) is 1.77. The predicted molar refractivity (Wildman–Crippen MR) is 42.0 cm³/mol. The van der Waals surface area contributed by atoms with Crippen molar-refractivity contribution in [3.63, 3.8) is 0 Å². The molecule has 1 saturated carbocycles. The van der Waals surface area contributed by atoms with Gasteiger partial charge in [0.15, 0.2) is 0 Å². The lowest BCUT2D eigenvalue weighted by atomic mass is 10.3. The fourth-order valence-corrected chi connectivity index (χ4v) is 1.96. The maximum Gasteiger partial charge on any atom is 0.114 e. The van der Waals surface area contributed by atoms with Gasteiger partial charge in [-0.15, -0.1) is 0 Å². The van der Waals surface area contributed by atoms with Gasteiger partial charge in [-0.3, -0.25) is 4.99 Å². The van der Waals surface area contributed by atoms with Crippen LogP contribution in [0.15, 0.2) is 4.99 Å². The van der Waals surface area contributed by atoms with Crippen molar-refractivity contribution >= 4 is 5.84 Å². The van der Waals surface area contributed by atoms with Crippen LogP contribution in [0.1, 0.15) is 0 Å². The summed E-state index contributed by atoms with van der Waals surface area (Å²) in [6.07, 6.45) is 0. The number of nitrogens with two attached hydrogens (primary N) is 1. The van der Waals surface area contributed by atoms with Crippen molar-refractivity contribution in [2.45, 2.75) is 0 Å². The maximum atomic E-state index is 5.31. The summed E-state index contributed by atoms with van der Waals surface area (Å²) in [5, 5.41) is 0. The SMILES string of the molecule is CN=C(NN)C1C2COCC21. The lowest BCUT2D eigenvalue weighted by Gasteiger charge is -2.05. The average molecular weight is 155 g/mol. The number of hydrogen-bond acceptors (Lipinski definition) is 3. The zero-order valence-corrected chi connectivity index (χ0v) is 6.58. The molecule has 0 bridgehead atoms. The molecule has 4 heteroatoms. The third kappa shape index (κ3) is 0.937. The molecule has 0 aromatic rings. The highest BCUT2D eigenvalue weighted by atomic mass is 16.5. The van der Waals surface area contributed by atoms with E-state index in [0.717, 1.165) is 19.0 Å². The Hall–Kier alpha value is -0.610. The van der Waals surface area contributed by atoms with Crippen molar-refractivity contribution < 1.29 is 4.74 Å². The van der Waals surface area contributed by atoms with Crippen LogP contribution < -0.4 is 11.3 Å². The van der Waals surface area contributed by atoms with Crippen LogP contribution in [0.3, 0.4) is 0 Å². The molecule has 1 saturated heterocycles. The summed E-state index contributed by atoms with van der Waals surface area (Å²) in [6, 6.07) is 0. The normalized spacial score (nSPS) is 42.0. The maximum absolute atomic E-state index is 5.31. The summed E-state index contributed by atoms with van der Waals surface area (Å²) in [7, 11) is 1.77. The van der Waals surface area contributed by atoms with Crippen LogP contribution in [-0.2, 0) is 4.74 Å². The first-order valence-corrected chi connectivity index (χ1v) is 3.89. The number of nitrogens with one attached hydrogen (secondary N) is 1. The summed E-state index contributed by atoms with van der Waals surface area (Å²) >= 11 is 0. The average Bonchev–Trinajstić information content (AvgIpc) is 2.54. The molecular weight excluding hydrogens is 142 g/mol. The standard InChI is InChI=1S/C7H13N3O/c1-9-7(10-8)6-4-2-11-3-5(4)6/h4-6H,2-3,8H2,1H3,(H,9,10). The summed E-state index contributed by atoms with van der Waals surface area (Å²) in [5.74, 6) is 8.16. The van der Waals surface area contributed by atoms with Crippen LogP contribution in [0.5, 0.6) is 0 Å². The smallest absolute Gasteiger partial charge is 0.114 e. The molecule has 0 radical (unpaired) electrons. The Morgan fingerprint density at radius 3 is 2.64 bits per heavy atom. The molecule has 2 aliphatic rings. The highest BCUT2D eigenvalue weighted by Crippen LogP contribution is 2.50. The van der Waals surface area contributed by atoms with Gasteiger partial charge in [-0.2, -0.15) is 0 Å². The minimum atomic E-state index is 0.554. The zero-order valence-electron chi connectivity index (χ0n) is 6.58. The topological polar surface area (TPSA) is 59.6 Å². The Morgan fingerprint density at radius 1 is 1.55 bits per heavy atom. The van der Waals surface area contributed by atoms with Gasteiger partial charge in [0.25, 0.3) is 0 Å². The lowest BCUT2D eigenvalue weighted by molar-refractivity contribution is 0.159. The first-order chi connectivity index (χ1) is 5.38. The van der Waals surface area contributed by atoms with Gasteiger partial charge in [0, 0.05) is 13.0 Å². The number of hydrazine groups is 1. The number of ether oxygens (including phenoxy) is 1. The van der Waals surface area contributed by atoms with Crippen molar-refractivity contribution in [3.8, 4) is 0 Å². The van der Waals surface area contributed by atoms with Crippen molar-refractivity contribution in [1.82, 2.24) is 5.43 Å². The molecule has 2 unspecified atom stereocenters. The largest absolute Gasteiger partial charge is 0.381 e. The summed E-state index contributed by atoms with van der Waals surface area (Å²) in [5.41, 5.74) is 2.64. The van der Waals surface area contributed by atoms with Gasteiger partial charge in [-0.25, -0.2) is 5.84 Å². The van der Waals surface area contributed by atoms with E-state index in [1.807, 2.05) is 0 Å². The highest BCUT2D eigenvalue weighted by Gasteiger charge is 2.56. The molecule has 0 aromatic carbocycles. The van der Waals surface area contributed by atoms with Gasteiger partial charge in [0.05, 0.1) is 13.2 Å². The van der Waals surface area contributed by atoms with E-state index in [9.17, 15) is 0 Å². The number of aliphatic imine (C=N–C) groups is 1.